The van der Waals surface area contributed by atoms with Gasteiger partial charge in [-0.2, -0.15) is 0 Å². The molecular formula is C13H22N6O2. The standard InChI is InChI=1S/C13H22N6O2/c1-9(2)18(3-4-20)5-10(21)6-19-8-17-13-11(19)12(14)15-7-16-13/h7-10,20-21H,3-6H2,1-2H3,(H2,14,15,16)/t10-/m0/s1. The number of aliphatic hydroxyl groups excluding tert-OH is 2. The van der Waals surface area contributed by atoms with Gasteiger partial charge in [-0.05, 0) is 13.8 Å². The molecule has 2 aromatic heterocycles. The topological polar surface area (TPSA) is 113 Å². The van der Waals surface area contributed by atoms with Crippen LogP contribution in [-0.4, -0.2) is 66.5 Å². The minimum Gasteiger partial charge on any atom is -0.395 e. The number of imidazole rings is 1. The highest BCUT2D eigenvalue weighted by Gasteiger charge is 2.16. The van der Waals surface area contributed by atoms with Crippen molar-refractivity contribution in [2.75, 3.05) is 25.4 Å². The Morgan fingerprint density at radius 2 is 2.10 bits per heavy atom. The molecule has 0 aliphatic heterocycles. The summed E-state index contributed by atoms with van der Waals surface area (Å²) in [7, 11) is 0. The Labute approximate surface area is 123 Å². The Hall–Kier alpha value is -1.77. The molecule has 0 radical (unpaired) electrons. The highest BCUT2D eigenvalue weighted by molar-refractivity contribution is 5.81. The van der Waals surface area contributed by atoms with E-state index in [2.05, 4.69) is 15.0 Å². The molecule has 2 heterocycles. The zero-order chi connectivity index (χ0) is 15.4. The average molecular weight is 294 g/mol. The molecule has 8 nitrogen and oxygen atoms in total. The van der Waals surface area contributed by atoms with Crippen molar-refractivity contribution >= 4 is 17.0 Å². The number of nitrogen functional groups attached to an aromatic ring is 1. The lowest BCUT2D eigenvalue weighted by molar-refractivity contribution is 0.0725. The number of nitrogens with two attached hydrogens (primary N) is 1. The predicted molar refractivity (Wildman–Crippen MR) is 79.5 cm³/mol. The Morgan fingerprint density at radius 1 is 1.33 bits per heavy atom. The number of anilines is 1. The second kappa shape index (κ2) is 6.79. The Bertz CT molecular complexity index is 585. The maximum Gasteiger partial charge on any atom is 0.182 e. The fraction of sp³-hybridized carbons (Fsp3) is 0.615. The minimum atomic E-state index is -0.601. The van der Waals surface area contributed by atoms with Crippen molar-refractivity contribution in [2.45, 2.75) is 32.5 Å². The van der Waals surface area contributed by atoms with Crippen LogP contribution in [0.1, 0.15) is 13.8 Å². The van der Waals surface area contributed by atoms with Gasteiger partial charge >= 0.3 is 0 Å². The van der Waals surface area contributed by atoms with Gasteiger partial charge in [-0.3, -0.25) is 4.90 Å². The highest BCUT2D eigenvalue weighted by atomic mass is 16.3. The van der Waals surface area contributed by atoms with E-state index in [0.29, 0.717) is 36.6 Å². The van der Waals surface area contributed by atoms with Crippen LogP contribution >= 0.6 is 0 Å². The van der Waals surface area contributed by atoms with Crippen LogP contribution in [0.15, 0.2) is 12.7 Å². The molecule has 0 saturated heterocycles. The second-order valence-corrected chi connectivity index (χ2v) is 5.29. The van der Waals surface area contributed by atoms with Crippen LogP contribution in [0.4, 0.5) is 5.82 Å². The van der Waals surface area contributed by atoms with Crippen LogP contribution in [0.5, 0.6) is 0 Å². The summed E-state index contributed by atoms with van der Waals surface area (Å²) in [6.07, 6.45) is 2.37. The van der Waals surface area contributed by atoms with Gasteiger partial charge in [0, 0.05) is 19.1 Å². The fourth-order valence-electron chi connectivity index (χ4n) is 2.32. The van der Waals surface area contributed by atoms with Crippen LogP contribution in [0.25, 0.3) is 11.2 Å². The summed E-state index contributed by atoms with van der Waals surface area (Å²) in [5.41, 5.74) is 6.99. The third-order valence-corrected chi connectivity index (χ3v) is 3.41. The van der Waals surface area contributed by atoms with Crippen molar-refractivity contribution in [1.29, 1.82) is 0 Å². The molecule has 116 valence electrons. The molecule has 0 aliphatic rings. The lowest BCUT2D eigenvalue weighted by atomic mass is 10.2. The van der Waals surface area contributed by atoms with Crippen molar-refractivity contribution in [1.82, 2.24) is 24.4 Å². The Kier molecular flexibility index (Phi) is 5.05. The summed E-state index contributed by atoms with van der Waals surface area (Å²) in [6, 6.07) is 0.250. The molecule has 0 aliphatic carbocycles. The Balaban J connectivity index is 2.09. The van der Waals surface area contributed by atoms with Gasteiger partial charge < -0.3 is 20.5 Å². The normalized spacial score (nSPS) is 13.4. The first-order chi connectivity index (χ1) is 10.0. The molecule has 21 heavy (non-hydrogen) atoms. The lowest BCUT2D eigenvalue weighted by Gasteiger charge is -2.28. The highest BCUT2D eigenvalue weighted by Crippen LogP contribution is 2.15. The third kappa shape index (κ3) is 3.66. The van der Waals surface area contributed by atoms with Gasteiger partial charge in [-0.25, -0.2) is 15.0 Å². The molecule has 8 heteroatoms. The van der Waals surface area contributed by atoms with Gasteiger partial charge in [0.2, 0.25) is 0 Å². The summed E-state index contributed by atoms with van der Waals surface area (Å²) in [5.74, 6) is 0.348. The number of hydrogen-bond acceptors (Lipinski definition) is 7. The van der Waals surface area contributed by atoms with E-state index in [9.17, 15) is 5.11 Å². The van der Waals surface area contributed by atoms with Gasteiger partial charge in [-0.15, -0.1) is 0 Å². The monoisotopic (exact) mass is 294 g/mol. The number of nitrogens with zero attached hydrogens (tertiary/aromatic N) is 5. The first-order valence-corrected chi connectivity index (χ1v) is 6.97. The van der Waals surface area contributed by atoms with Gasteiger partial charge in [0.15, 0.2) is 11.5 Å². The van der Waals surface area contributed by atoms with Crippen LogP contribution in [-0.2, 0) is 6.54 Å². The van der Waals surface area contributed by atoms with Crippen LogP contribution < -0.4 is 5.73 Å². The average Bonchev–Trinajstić information content (AvgIpc) is 2.82. The lowest BCUT2D eigenvalue weighted by Crippen LogP contribution is -2.40. The Morgan fingerprint density at radius 3 is 2.76 bits per heavy atom. The first-order valence-electron chi connectivity index (χ1n) is 6.97. The third-order valence-electron chi connectivity index (χ3n) is 3.41. The molecular weight excluding hydrogens is 272 g/mol. The van der Waals surface area contributed by atoms with E-state index in [1.807, 2.05) is 18.7 Å². The van der Waals surface area contributed by atoms with E-state index in [-0.39, 0.29) is 12.6 Å². The summed E-state index contributed by atoms with van der Waals surface area (Å²) in [4.78, 5) is 14.2. The summed E-state index contributed by atoms with van der Waals surface area (Å²) in [6.45, 7) is 5.47. The molecule has 0 spiro atoms. The van der Waals surface area contributed by atoms with Gasteiger partial charge in [0.1, 0.15) is 11.8 Å². The molecule has 2 rings (SSSR count). The fourth-order valence-corrected chi connectivity index (χ4v) is 2.32. The molecule has 0 fully saturated rings. The van der Waals surface area contributed by atoms with Crippen LogP contribution in [0, 0.1) is 0 Å². The zero-order valence-corrected chi connectivity index (χ0v) is 12.3. The van der Waals surface area contributed by atoms with Crippen LogP contribution in [0.3, 0.4) is 0 Å². The van der Waals surface area contributed by atoms with Crippen molar-refractivity contribution in [3.05, 3.63) is 12.7 Å². The van der Waals surface area contributed by atoms with Crippen molar-refractivity contribution in [3.63, 3.8) is 0 Å². The number of aromatic nitrogens is 4. The van der Waals surface area contributed by atoms with Crippen molar-refractivity contribution < 1.29 is 10.2 Å². The number of rotatable bonds is 7. The molecule has 4 N–H and O–H groups in total. The van der Waals surface area contributed by atoms with E-state index in [1.54, 1.807) is 10.9 Å². The maximum absolute atomic E-state index is 10.3. The van der Waals surface area contributed by atoms with E-state index < -0.39 is 6.10 Å². The van der Waals surface area contributed by atoms with Gasteiger partial charge in [-0.1, -0.05) is 0 Å². The van der Waals surface area contributed by atoms with E-state index in [0.717, 1.165) is 0 Å². The van der Waals surface area contributed by atoms with E-state index in [1.165, 1.54) is 6.33 Å². The predicted octanol–water partition coefficient (Wildman–Crippen LogP) is -0.528. The molecule has 0 saturated carbocycles. The summed E-state index contributed by atoms with van der Waals surface area (Å²) < 4.78 is 1.76. The summed E-state index contributed by atoms with van der Waals surface area (Å²) in [5, 5.41) is 19.3. The first kappa shape index (κ1) is 15.6. The smallest absolute Gasteiger partial charge is 0.182 e. The molecule has 0 aromatic carbocycles. The molecule has 1 atom stereocenters. The van der Waals surface area contributed by atoms with Crippen molar-refractivity contribution in [2.24, 2.45) is 0 Å². The molecule has 0 bridgehead atoms. The number of hydrogen-bond donors (Lipinski definition) is 3. The second-order valence-electron chi connectivity index (χ2n) is 5.29. The number of fused-ring (bicyclic) bond motifs is 1. The summed E-state index contributed by atoms with van der Waals surface area (Å²) >= 11 is 0. The van der Waals surface area contributed by atoms with Gasteiger partial charge in [0.25, 0.3) is 0 Å². The largest absolute Gasteiger partial charge is 0.395 e. The maximum atomic E-state index is 10.3. The zero-order valence-electron chi connectivity index (χ0n) is 12.3. The van der Waals surface area contributed by atoms with E-state index >= 15 is 0 Å². The van der Waals surface area contributed by atoms with Crippen LogP contribution in [0.2, 0.25) is 0 Å². The number of aliphatic hydroxyl groups is 2. The SMILES string of the molecule is CC(C)N(CCO)C[C@H](O)Cn1cnc2ncnc(N)c21. The minimum absolute atomic E-state index is 0.0691. The van der Waals surface area contributed by atoms with Crippen molar-refractivity contribution in [3.8, 4) is 0 Å². The molecule has 0 amide bonds. The molecule has 2 aromatic rings. The quantitative estimate of drug-likeness (QED) is 0.629. The van der Waals surface area contributed by atoms with E-state index in [4.69, 9.17) is 10.8 Å². The van der Waals surface area contributed by atoms with Gasteiger partial charge in [0.05, 0.1) is 25.6 Å². The molecule has 0 unspecified atom stereocenters.